The SMILES string of the molecule is O=C1N=S(=O)(c2ccccc2)c2ccccc2N1. The zero-order valence-corrected chi connectivity index (χ0v) is 10.2. The van der Waals surface area contributed by atoms with Gasteiger partial charge in [-0.1, -0.05) is 30.3 Å². The Morgan fingerprint density at radius 3 is 2.39 bits per heavy atom. The number of hydrogen-bond acceptors (Lipinski definition) is 2. The smallest absolute Gasteiger partial charge is 0.304 e. The Balaban J connectivity index is 2.34. The molecule has 0 radical (unpaired) electrons. The van der Waals surface area contributed by atoms with Crippen LogP contribution in [0, 0.1) is 0 Å². The van der Waals surface area contributed by atoms with E-state index in [2.05, 4.69) is 9.68 Å². The molecule has 90 valence electrons. The van der Waals surface area contributed by atoms with Crippen molar-refractivity contribution in [3.05, 3.63) is 54.6 Å². The average molecular weight is 258 g/mol. The van der Waals surface area contributed by atoms with Crippen molar-refractivity contribution in [3.8, 4) is 0 Å². The third kappa shape index (κ3) is 1.60. The summed E-state index contributed by atoms with van der Waals surface area (Å²) < 4.78 is 16.8. The van der Waals surface area contributed by atoms with Crippen molar-refractivity contribution in [1.82, 2.24) is 0 Å². The van der Waals surface area contributed by atoms with Gasteiger partial charge in [-0.15, -0.1) is 4.36 Å². The van der Waals surface area contributed by atoms with Crippen LogP contribution in [0.1, 0.15) is 0 Å². The van der Waals surface area contributed by atoms with Crippen molar-refractivity contribution >= 4 is 21.4 Å². The first-order chi connectivity index (χ1) is 8.70. The molecule has 2 aromatic rings. The van der Waals surface area contributed by atoms with Gasteiger partial charge in [-0.05, 0) is 24.3 Å². The Hall–Kier alpha value is -2.14. The molecule has 1 atom stereocenters. The number of urea groups is 1. The van der Waals surface area contributed by atoms with E-state index < -0.39 is 15.8 Å². The van der Waals surface area contributed by atoms with Crippen LogP contribution in [0.25, 0.3) is 0 Å². The van der Waals surface area contributed by atoms with E-state index in [1.54, 1.807) is 48.5 Å². The highest BCUT2D eigenvalue weighted by atomic mass is 32.2. The molecule has 1 heterocycles. The molecule has 4 nitrogen and oxygen atoms in total. The van der Waals surface area contributed by atoms with Crippen molar-refractivity contribution in [3.63, 3.8) is 0 Å². The normalized spacial score (nSPS) is 21.7. The molecule has 0 fully saturated rings. The van der Waals surface area contributed by atoms with E-state index in [1.807, 2.05) is 6.07 Å². The molecule has 3 rings (SSSR count). The van der Waals surface area contributed by atoms with Crippen molar-refractivity contribution in [2.24, 2.45) is 4.36 Å². The number of carbonyl (C=O) groups excluding carboxylic acids is 1. The second-order valence-corrected chi connectivity index (χ2v) is 6.00. The molecule has 1 aliphatic heterocycles. The maximum Gasteiger partial charge on any atom is 0.354 e. The van der Waals surface area contributed by atoms with Gasteiger partial charge in [0.15, 0.2) is 0 Å². The molecule has 1 N–H and O–H groups in total. The number of nitrogens with zero attached hydrogens (tertiary/aromatic N) is 1. The quantitative estimate of drug-likeness (QED) is 0.854. The molecule has 0 saturated heterocycles. The number of carbonyl (C=O) groups is 1. The summed E-state index contributed by atoms with van der Waals surface area (Å²) in [7, 11) is -2.86. The molecule has 1 unspecified atom stereocenters. The maximum atomic E-state index is 13.0. The molecule has 1 aliphatic rings. The van der Waals surface area contributed by atoms with Crippen LogP contribution in [0.3, 0.4) is 0 Å². The van der Waals surface area contributed by atoms with Crippen molar-refractivity contribution in [1.29, 1.82) is 0 Å². The average Bonchev–Trinajstić information content (AvgIpc) is 2.39. The van der Waals surface area contributed by atoms with E-state index in [1.165, 1.54) is 0 Å². The third-order valence-corrected chi connectivity index (χ3v) is 4.99. The molecular weight excluding hydrogens is 248 g/mol. The van der Waals surface area contributed by atoms with Crippen LogP contribution in [0.2, 0.25) is 0 Å². The fourth-order valence-corrected chi connectivity index (χ4v) is 3.84. The van der Waals surface area contributed by atoms with Crippen LogP contribution in [0.4, 0.5) is 10.5 Å². The lowest BCUT2D eigenvalue weighted by Gasteiger charge is -2.18. The topological polar surface area (TPSA) is 58.5 Å². The molecule has 0 aromatic heterocycles. The fraction of sp³-hybridized carbons (Fsp3) is 0. The van der Waals surface area contributed by atoms with Gasteiger partial charge in [-0.3, -0.25) is 0 Å². The number of rotatable bonds is 1. The van der Waals surface area contributed by atoms with E-state index in [0.29, 0.717) is 15.5 Å². The van der Waals surface area contributed by atoms with Crippen LogP contribution in [0.5, 0.6) is 0 Å². The summed E-state index contributed by atoms with van der Waals surface area (Å²) in [6.07, 6.45) is 0. The molecule has 5 heteroatoms. The summed E-state index contributed by atoms with van der Waals surface area (Å²) in [6, 6.07) is 15.3. The molecule has 0 aliphatic carbocycles. The maximum absolute atomic E-state index is 13.0. The summed E-state index contributed by atoms with van der Waals surface area (Å²) in [4.78, 5) is 12.7. The number of anilines is 1. The van der Waals surface area contributed by atoms with E-state index in [0.717, 1.165) is 0 Å². The van der Waals surface area contributed by atoms with Crippen LogP contribution in [0.15, 0.2) is 68.8 Å². The standard InChI is InChI=1S/C13H10N2O2S/c16-13-14-11-8-4-5-9-12(11)18(17,15-13)10-6-2-1-3-7-10/h1-9H,(H,14,15,16,17). The Morgan fingerprint density at radius 1 is 0.944 bits per heavy atom. The van der Waals surface area contributed by atoms with Gasteiger partial charge in [0.1, 0.15) is 9.73 Å². The van der Waals surface area contributed by atoms with Crippen LogP contribution in [-0.4, -0.2) is 10.2 Å². The largest absolute Gasteiger partial charge is 0.354 e. The summed E-state index contributed by atoms with van der Waals surface area (Å²) >= 11 is 0. The highest BCUT2D eigenvalue weighted by Crippen LogP contribution is 2.32. The monoisotopic (exact) mass is 258 g/mol. The fourth-order valence-electron chi connectivity index (χ4n) is 1.90. The molecular formula is C13H10N2O2S. The predicted molar refractivity (Wildman–Crippen MR) is 69.0 cm³/mol. The van der Waals surface area contributed by atoms with Crippen LogP contribution < -0.4 is 5.32 Å². The van der Waals surface area contributed by atoms with Crippen molar-refractivity contribution < 1.29 is 9.00 Å². The number of para-hydroxylation sites is 1. The van der Waals surface area contributed by atoms with Gasteiger partial charge in [-0.25, -0.2) is 9.00 Å². The van der Waals surface area contributed by atoms with Crippen LogP contribution >= 0.6 is 0 Å². The van der Waals surface area contributed by atoms with Crippen molar-refractivity contribution in [2.75, 3.05) is 5.32 Å². The lowest BCUT2D eigenvalue weighted by atomic mass is 10.3. The van der Waals surface area contributed by atoms with Gasteiger partial charge in [0, 0.05) is 0 Å². The Labute approximate surface area is 105 Å². The second-order valence-electron chi connectivity index (χ2n) is 3.86. The first-order valence-corrected chi connectivity index (χ1v) is 6.94. The van der Waals surface area contributed by atoms with E-state index in [4.69, 9.17) is 0 Å². The lowest BCUT2D eigenvalue weighted by molar-refractivity contribution is 0.259. The van der Waals surface area contributed by atoms with Crippen molar-refractivity contribution in [2.45, 2.75) is 9.79 Å². The minimum absolute atomic E-state index is 0.548. The first-order valence-electron chi connectivity index (χ1n) is 5.42. The lowest BCUT2D eigenvalue weighted by Crippen LogP contribution is -2.19. The number of nitrogens with one attached hydrogen (secondary N) is 1. The minimum atomic E-state index is -2.86. The van der Waals surface area contributed by atoms with Crippen LogP contribution in [-0.2, 0) is 9.73 Å². The summed E-state index contributed by atoms with van der Waals surface area (Å²) in [5.41, 5.74) is 0.561. The second kappa shape index (κ2) is 3.96. The van der Waals surface area contributed by atoms with Gasteiger partial charge in [-0.2, -0.15) is 0 Å². The zero-order chi connectivity index (χ0) is 12.6. The highest BCUT2D eigenvalue weighted by molar-refractivity contribution is 7.94. The number of benzene rings is 2. The molecule has 0 bridgehead atoms. The van der Waals surface area contributed by atoms with E-state index >= 15 is 0 Å². The predicted octanol–water partition coefficient (Wildman–Crippen LogP) is 3.12. The first kappa shape index (κ1) is 11.0. The number of amides is 2. The molecule has 0 saturated carbocycles. The van der Waals surface area contributed by atoms with E-state index in [-0.39, 0.29) is 0 Å². The highest BCUT2D eigenvalue weighted by Gasteiger charge is 2.25. The van der Waals surface area contributed by atoms with Gasteiger partial charge < -0.3 is 5.32 Å². The van der Waals surface area contributed by atoms with Gasteiger partial charge in [0.25, 0.3) is 0 Å². The molecule has 2 aromatic carbocycles. The zero-order valence-electron chi connectivity index (χ0n) is 9.37. The third-order valence-electron chi connectivity index (χ3n) is 2.70. The Bertz CT molecular complexity index is 732. The number of fused-ring (bicyclic) bond motifs is 1. The Morgan fingerprint density at radius 2 is 1.61 bits per heavy atom. The number of hydrogen-bond donors (Lipinski definition) is 1. The van der Waals surface area contributed by atoms with Gasteiger partial charge in [0.2, 0.25) is 0 Å². The van der Waals surface area contributed by atoms with Gasteiger partial charge in [0.05, 0.1) is 15.5 Å². The summed E-state index contributed by atoms with van der Waals surface area (Å²) in [5, 5.41) is 2.60. The molecule has 18 heavy (non-hydrogen) atoms. The van der Waals surface area contributed by atoms with Gasteiger partial charge >= 0.3 is 6.03 Å². The van der Waals surface area contributed by atoms with E-state index in [9.17, 15) is 9.00 Å². The minimum Gasteiger partial charge on any atom is -0.304 e. The summed E-state index contributed by atoms with van der Waals surface area (Å²) in [6.45, 7) is 0. The molecule has 2 amide bonds. The Kier molecular flexibility index (Phi) is 2.41. The summed E-state index contributed by atoms with van der Waals surface area (Å²) in [5.74, 6) is 0. The molecule has 0 spiro atoms.